The van der Waals surface area contributed by atoms with Crippen LogP contribution in [0.25, 0.3) is 0 Å². The van der Waals surface area contributed by atoms with Crippen molar-refractivity contribution < 1.29 is 18.7 Å². The summed E-state index contributed by atoms with van der Waals surface area (Å²) in [5, 5.41) is 15.5. The van der Waals surface area contributed by atoms with E-state index < -0.39 is 17.6 Å². The standard InChI is InChI=1S/C12H11F2N3O2/c1-17-11(12(18)19)10(6-16-17)15-5-7-4-8(13)2-3-9(7)14/h2-4,6,15H,5H2,1H3,(H,18,19). The lowest BCUT2D eigenvalue weighted by atomic mass is 10.2. The number of benzene rings is 1. The van der Waals surface area contributed by atoms with Crippen molar-refractivity contribution in [1.82, 2.24) is 9.78 Å². The lowest BCUT2D eigenvalue weighted by Gasteiger charge is -2.07. The molecule has 0 unspecified atom stereocenters. The SMILES string of the molecule is Cn1ncc(NCc2cc(F)ccc2F)c1C(=O)O. The zero-order valence-corrected chi connectivity index (χ0v) is 10.0. The summed E-state index contributed by atoms with van der Waals surface area (Å²) in [5.74, 6) is -2.26. The number of aromatic nitrogens is 2. The first-order valence-electron chi connectivity index (χ1n) is 5.42. The molecule has 0 spiro atoms. The second kappa shape index (κ2) is 5.05. The van der Waals surface area contributed by atoms with E-state index in [4.69, 9.17) is 5.11 Å². The fraction of sp³-hybridized carbons (Fsp3) is 0.167. The van der Waals surface area contributed by atoms with Crippen LogP contribution in [0.15, 0.2) is 24.4 Å². The molecule has 2 aromatic rings. The highest BCUT2D eigenvalue weighted by Gasteiger charge is 2.15. The second-order valence-electron chi connectivity index (χ2n) is 3.92. The highest BCUT2D eigenvalue weighted by molar-refractivity contribution is 5.92. The van der Waals surface area contributed by atoms with Crippen LogP contribution < -0.4 is 5.32 Å². The fourth-order valence-electron chi connectivity index (χ4n) is 1.69. The highest BCUT2D eigenvalue weighted by Crippen LogP contribution is 2.17. The Balaban J connectivity index is 2.19. The molecule has 1 aromatic heterocycles. The van der Waals surface area contributed by atoms with Gasteiger partial charge < -0.3 is 10.4 Å². The second-order valence-corrected chi connectivity index (χ2v) is 3.92. The molecule has 0 atom stereocenters. The van der Waals surface area contributed by atoms with Crippen LogP contribution in [0.2, 0.25) is 0 Å². The lowest BCUT2D eigenvalue weighted by Crippen LogP contribution is -2.10. The van der Waals surface area contributed by atoms with Crippen molar-refractivity contribution in [1.29, 1.82) is 0 Å². The number of nitrogens with zero attached hydrogens (tertiary/aromatic N) is 2. The van der Waals surface area contributed by atoms with E-state index in [0.29, 0.717) is 0 Å². The maximum absolute atomic E-state index is 13.4. The number of carboxylic acids is 1. The molecule has 2 N–H and O–H groups in total. The quantitative estimate of drug-likeness (QED) is 0.889. The van der Waals surface area contributed by atoms with Gasteiger partial charge in [-0.3, -0.25) is 4.68 Å². The van der Waals surface area contributed by atoms with Gasteiger partial charge in [-0.2, -0.15) is 5.10 Å². The van der Waals surface area contributed by atoms with Crippen LogP contribution >= 0.6 is 0 Å². The maximum Gasteiger partial charge on any atom is 0.356 e. The van der Waals surface area contributed by atoms with E-state index in [2.05, 4.69) is 10.4 Å². The molecular weight excluding hydrogens is 256 g/mol. The van der Waals surface area contributed by atoms with Crippen LogP contribution in [0.3, 0.4) is 0 Å². The Morgan fingerprint density at radius 1 is 1.47 bits per heavy atom. The summed E-state index contributed by atoms with van der Waals surface area (Å²) in [7, 11) is 1.48. The molecule has 0 saturated carbocycles. The van der Waals surface area contributed by atoms with Gasteiger partial charge in [0, 0.05) is 19.2 Å². The average Bonchev–Trinajstić information content (AvgIpc) is 2.72. The zero-order valence-electron chi connectivity index (χ0n) is 10.0. The molecule has 19 heavy (non-hydrogen) atoms. The topological polar surface area (TPSA) is 67.2 Å². The summed E-state index contributed by atoms with van der Waals surface area (Å²) >= 11 is 0. The van der Waals surface area contributed by atoms with Crippen LogP contribution in [-0.4, -0.2) is 20.9 Å². The molecule has 7 heteroatoms. The molecule has 0 aliphatic heterocycles. The predicted octanol–water partition coefficient (Wildman–Crippen LogP) is 2.01. The highest BCUT2D eigenvalue weighted by atomic mass is 19.1. The van der Waals surface area contributed by atoms with Crippen molar-refractivity contribution in [3.63, 3.8) is 0 Å². The third-order valence-corrected chi connectivity index (χ3v) is 2.62. The summed E-state index contributed by atoms with van der Waals surface area (Å²) in [5.41, 5.74) is 0.315. The van der Waals surface area contributed by atoms with Crippen molar-refractivity contribution in [2.24, 2.45) is 7.05 Å². The number of carboxylic acid groups (broad SMARTS) is 1. The molecule has 0 fully saturated rings. The predicted molar refractivity (Wildman–Crippen MR) is 63.9 cm³/mol. The van der Waals surface area contributed by atoms with E-state index in [1.807, 2.05) is 0 Å². The summed E-state index contributed by atoms with van der Waals surface area (Å²) in [4.78, 5) is 11.0. The van der Waals surface area contributed by atoms with Gasteiger partial charge >= 0.3 is 5.97 Å². The number of aryl methyl sites for hydroxylation is 1. The molecule has 0 aliphatic carbocycles. The van der Waals surface area contributed by atoms with Gasteiger partial charge in [0.1, 0.15) is 11.6 Å². The van der Waals surface area contributed by atoms with Gasteiger partial charge in [-0.1, -0.05) is 0 Å². The first-order valence-corrected chi connectivity index (χ1v) is 5.42. The van der Waals surface area contributed by atoms with Gasteiger partial charge in [-0.15, -0.1) is 0 Å². The minimum atomic E-state index is -1.15. The van der Waals surface area contributed by atoms with Crippen molar-refractivity contribution in [3.05, 3.63) is 47.3 Å². The van der Waals surface area contributed by atoms with Gasteiger partial charge in [0.25, 0.3) is 0 Å². The third-order valence-electron chi connectivity index (χ3n) is 2.62. The maximum atomic E-state index is 13.4. The van der Waals surface area contributed by atoms with E-state index >= 15 is 0 Å². The fourth-order valence-corrected chi connectivity index (χ4v) is 1.69. The largest absolute Gasteiger partial charge is 0.476 e. The summed E-state index contributed by atoms with van der Waals surface area (Å²) in [6.45, 7) is -0.0322. The monoisotopic (exact) mass is 267 g/mol. The summed E-state index contributed by atoms with van der Waals surface area (Å²) in [6.07, 6.45) is 1.32. The van der Waals surface area contributed by atoms with Crippen LogP contribution in [-0.2, 0) is 13.6 Å². The minimum absolute atomic E-state index is 0.0322. The molecular formula is C12H11F2N3O2. The molecule has 100 valence electrons. The normalized spacial score (nSPS) is 10.5. The van der Waals surface area contributed by atoms with E-state index in [1.165, 1.54) is 17.9 Å². The Bertz CT molecular complexity index is 625. The Kier molecular flexibility index (Phi) is 3.46. The van der Waals surface area contributed by atoms with Gasteiger partial charge in [-0.05, 0) is 18.2 Å². The minimum Gasteiger partial charge on any atom is -0.476 e. The van der Waals surface area contributed by atoms with E-state index in [0.717, 1.165) is 18.2 Å². The molecule has 0 aliphatic rings. The smallest absolute Gasteiger partial charge is 0.356 e. The first-order chi connectivity index (χ1) is 8.99. The van der Waals surface area contributed by atoms with Gasteiger partial charge in [0.05, 0.1) is 11.9 Å². The van der Waals surface area contributed by atoms with Crippen LogP contribution in [0.5, 0.6) is 0 Å². The number of anilines is 1. The lowest BCUT2D eigenvalue weighted by molar-refractivity contribution is 0.0686. The van der Waals surface area contributed by atoms with Crippen LogP contribution in [0, 0.1) is 11.6 Å². The molecule has 0 bridgehead atoms. The number of carbonyl (C=O) groups is 1. The average molecular weight is 267 g/mol. The Labute approximate surface area is 107 Å². The van der Waals surface area contributed by atoms with Crippen molar-refractivity contribution in [2.45, 2.75) is 6.54 Å². The molecule has 5 nitrogen and oxygen atoms in total. The van der Waals surface area contributed by atoms with Gasteiger partial charge in [0.2, 0.25) is 0 Å². The summed E-state index contributed by atoms with van der Waals surface area (Å²) in [6, 6.07) is 3.10. The number of rotatable bonds is 4. The Morgan fingerprint density at radius 3 is 2.89 bits per heavy atom. The van der Waals surface area contributed by atoms with Gasteiger partial charge in [-0.25, -0.2) is 13.6 Å². The molecule has 2 rings (SSSR count). The third kappa shape index (κ3) is 2.70. The molecule has 0 saturated heterocycles. The first kappa shape index (κ1) is 13.0. The van der Waals surface area contributed by atoms with E-state index in [9.17, 15) is 13.6 Å². The van der Waals surface area contributed by atoms with Crippen LogP contribution in [0.4, 0.5) is 14.5 Å². The number of hydrogen-bond acceptors (Lipinski definition) is 3. The molecule has 0 radical (unpaired) electrons. The van der Waals surface area contributed by atoms with Crippen molar-refractivity contribution in [2.75, 3.05) is 5.32 Å². The van der Waals surface area contributed by atoms with E-state index in [1.54, 1.807) is 0 Å². The molecule has 1 heterocycles. The van der Waals surface area contributed by atoms with Gasteiger partial charge in [0.15, 0.2) is 5.69 Å². The van der Waals surface area contributed by atoms with E-state index in [-0.39, 0.29) is 23.5 Å². The van der Waals surface area contributed by atoms with Crippen molar-refractivity contribution in [3.8, 4) is 0 Å². The number of halogens is 2. The number of hydrogen-bond donors (Lipinski definition) is 2. The number of nitrogens with one attached hydrogen (secondary N) is 1. The van der Waals surface area contributed by atoms with Crippen molar-refractivity contribution >= 4 is 11.7 Å². The Hall–Kier alpha value is -2.44. The molecule has 0 amide bonds. The molecule has 1 aromatic carbocycles. The van der Waals surface area contributed by atoms with Crippen LogP contribution in [0.1, 0.15) is 16.1 Å². The Morgan fingerprint density at radius 2 is 2.21 bits per heavy atom. The zero-order chi connectivity index (χ0) is 14.0. The number of aromatic carboxylic acids is 1. The summed E-state index contributed by atoms with van der Waals surface area (Å²) < 4.78 is 27.6.